The fraction of sp³-hybridized carbons (Fsp3) is 0.308. The van der Waals surface area contributed by atoms with E-state index >= 15 is 0 Å². The van der Waals surface area contributed by atoms with E-state index in [-0.39, 0.29) is 6.42 Å². The van der Waals surface area contributed by atoms with E-state index in [4.69, 9.17) is 5.11 Å². The molecule has 8 heteroatoms. The zero-order valence-corrected chi connectivity index (χ0v) is 11.7. The first-order valence-electron chi connectivity index (χ1n) is 6.49. The summed E-state index contributed by atoms with van der Waals surface area (Å²) >= 11 is 0. The average molecular weight is 286 g/mol. The van der Waals surface area contributed by atoms with Crippen molar-refractivity contribution in [2.75, 3.05) is 0 Å². The zero-order chi connectivity index (χ0) is 15.0. The third-order valence-corrected chi connectivity index (χ3v) is 3.43. The van der Waals surface area contributed by atoms with Crippen LogP contribution in [0.15, 0.2) is 12.7 Å². The number of rotatable bonds is 4. The summed E-state index contributed by atoms with van der Waals surface area (Å²) < 4.78 is 1.70. The smallest absolute Gasteiger partial charge is 0.303 e. The Kier molecular flexibility index (Phi) is 3.13. The van der Waals surface area contributed by atoms with Gasteiger partial charge in [-0.3, -0.25) is 4.79 Å². The van der Waals surface area contributed by atoms with Gasteiger partial charge in [-0.2, -0.15) is 5.10 Å². The molecule has 0 saturated heterocycles. The van der Waals surface area contributed by atoms with Crippen molar-refractivity contribution in [1.82, 2.24) is 29.7 Å². The summed E-state index contributed by atoms with van der Waals surface area (Å²) in [7, 11) is 0. The number of aromatic amines is 1. The van der Waals surface area contributed by atoms with Gasteiger partial charge in [0.05, 0.1) is 12.0 Å². The number of aliphatic carboxylic acids is 1. The molecule has 3 heterocycles. The highest BCUT2D eigenvalue weighted by atomic mass is 16.4. The SMILES string of the molecule is Cc1nn(-c2ncnc3nc[nH]c23)c(C)c1CCC(=O)O. The van der Waals surface area contributed by atoms with Crippen LogP contribution in [0.4, 0.5) is 0 Å². The molecule has 0 unspecified atom stereocenters. The lowest BCUT2D eigenvalue weighted by atomic mass is 10.1. The first-order valence-corrected chi connectivity index (χ1v) is 6.49. The first kappa shape index (κ1) is 13.2. The van der Waals surface area contributed by atoms with E-state index in [9.17, 15) is 4.79 Å². The van der Waals surface area contributed by atoms with E-state index in [1.54, 1.807) is 11.0 Å². The minimum Gasteiger partial charge on any atom is -0.481 e. The number of carbonyl (C=O) groups is 1. The second-order valence-corrected chi connectivity index (χ2v) is 4.75. The lowest BCUT2D eigenvalue weighted by Gasteiger charge is -2.04. The molecule has 3 rings (SSSR count). The quantitative estimate of drug-likeness (QED) is 0.745. The highest BCUT2D eigenvalue weighted by molar-refractivity contribution is 5.77. The maximum absolute atomic E-state index is 10.8. The molecule has 0 aliphatic heterocycles. The Labute approximate surface area is 119 Å². The van der Waals surface area contributed by atoms with E-state index in [0.717, 1.165) is 17.0 Å². The van der Waals surface area contributed by atoms with Crippen molar-refractivity contribution < 1.29 is 9.90 Å². The van der Waals surface area contributed by atoms with E-state index in [1.165, 1.54) is 6.33 Å². The number of H-pyrrole nitrogens is 1. The number of nitrogens with one attached hydrogen (secondary N) is 1. The van der Waals surface area contributed by atoms with Gasteiger partial charge in [0.15, 0.2) is 11.5 Å². The molecule has 0 aliphatic carbocycles. The third-order valence-electron chi connectivity index (χ3n) is 3.43. The number of hydrogen-bond donors (Lipinski definition) is 2. The predicted octanol–water partition coefficient (Wildman–Crippen LogP) is 1.17. The summed E-state index contributed by atoms with van der Waals surface area (Å²) in [4.78, 5) is 26.2. The van der Waals surface area contributed by atoms with Crippen molar-refractivity contribution in [3.05, 3.63) is 29.6 Å². The van der Waals surface area contributed by atoms with Crippen LogP contribution in [0.5, 0.6) is 0 Å². The zero-order valence-electron chi connectivity index (χ0n) is 11.7. The standard InChI is InChI=1S/C13H14N6O2/c1-7-9(3-4-10(20)21)8(2)19(18-7)13-11-12(15-5-14-11)16-6-17-13/h5-6H,3-4H2,1-2H3,(H,20,21)(H,14,15,16,17). The molecular weight excluding hydrogens is 272 g/mol. The van der Waals surface area contributed by atoms with E-state index in [1.807, 2.05) is 13.8 Å². The fourth-order valence-corrected chi connectivity index (χ4v) is 2.39. The molecule has 0 fully saturated rings. The van der Waals surface area contributed by atoms with Crippen molar-refractivity contribution in [3.8, 4) is 5.82 Å². The van der Waals surface area contributed by atoms with Crippen LogP contribution in [-0.4, -0.2) is 40.8 Å². The summed E-state index contributed by atoms with van der Waals surface area (Å²) in [6.07, 6.45) is 3.52. The molecule has 21 heavy (non-hydrogen) atoms. The van der Waals surface area contributed by atoms with Crippen molar-refractivity contribution in [2.45, 2.75) is 26.7 Å². The third kappa shape index (κ3) is 2.24. The normalized spacial score (nSPS) is 11.1. The van der Waals surface area contributed by atoms with Gasteiger partial charge in [-0.25, -0.2) is 19.6 Å². The summed E-state index contributed by atoms with van der Waals surface area (Å²) in [6.45, 7) is 3.77. The number of carboxylic acids is 1. The number of fused-ring (bicyclic) bond motifs is 1. The summed E-state index contributed by atoms with van der Waals surface area (Å²) in [5.74, 6) is -0.209. The number of aryl methyl sites for hydroxylation is 1. The molecule has 0 atom stereocenters. The molecule has 8 nitrogen and oxygen atoms in total. The van der Waals surface area contributed by atoms with Gasteiger partial charge in [0.2, 0.25) is 0 Å². The lowest BCUT2D eigenvalue weighted by Crippen LogP contribution is -2.04. The lowest BCUT2D eigenvalue weighted by molar-refractivity contribution is -0.136. The average Bonchev–Trinajstić information content (AvgIpc) is 3.02. The van der Waals surface area contributed by atoms with Gasteiger partial charge in [0.25, 0.3) is 0 Å². The van der Waals surface area contributed by atoms with Gasteiger partial charge in [0.1, 0.15) is 11.8 Å². The Hall–Kier alpha value is -2.77. The van der Waals surface area contributed by atoms with Crippen LogP contribution in [-0.2, 0) is 11.2 Å². The molecule has 0 spiro atoms. The second-order valence-electron chi connectivity index (χ2n) is 4.75. The number of hydrogen-bond acceptors (Lipinski definition) is 5. The first-order chi connectivity index (χ1) is 10.1. The molecule has 108 valence electrons. The van der Waals surface area contributed by atoms with Crippen LogP contribution in [0, 0.1) is 13.8 Å². The van der Waals surface area contributed by atoms with Crippen molar-refractivity contribution in [3.63, 3.8) is 0 Å². The molecule has 0 saturated carbocycles. The molecule has 0 bridgehead atoms. The maximum atomic E-state index is 10.8. The van der Waals surface area contributed by atoms with Gasteiger partial charge >= 0.3 is 5.97 Å². The van der Waals surface area contributed by atoms with Crippen LogP contribution in [0.3, 0.4) is 0 Å². The predicted molar refractivity (Wildman–Crippen MR) is 74.2 cm³/mol. The van der Waals surface area contributed by atoms with Crippen LogP contribution in [0.2, 0.25) is 0 Å². The topological polar surface area (TPSA) is 110 Å². The summed E-state index contributed by atoms with van der Waals surface area (Å²) in [5.41, 5.74) is 3.89. The van der Waals surface area contributed by atoms with Gasteiger partial charge < -0.3 is 10.1 Å². The van der Waals surface area contributed by atoms with Crippen molar-refractivity contribution in [1.29, 1.82) is 0 Å². The highest BCUT2D eigenvalue weighted by Crippen LogP contribution is 2.21. The van der Waals surface area contributed by atoms with Gasteiger partial charge in [-0.1, -0.05) is 0 Å². The molecule has 3 aromatic heterocycles. The summed E-state index contributed by atoms with van der Waals surface area (Å²) in [5, 5.41) is 13.3. The molecule has 2 N–H and O–H groups in total. The Morgan fingerprint density at radius 1 is 1.33 bits per heavy atom. The van der Waals surface area contributed by atoms with E-state index in [2.05, 4.69) is 25.0 Å². The second kappa shape index (κ2) is 4.97. The summed E-state index contributed by atoms with van der Waals surface area (Å²) in [6, 6.07) is 0. The monoisotopic (exact) mass is 286 g/mol. The van der Waals surface area contributed by atoms with Crippen molar-refractivity contribution >= 4 is 17.1 Å². The van der Waals surface area contributed by atoms with Gasteiger partial charge in [-0.15, -0.1) is 0 Å². The van der Waals surface area contributed by atoms with Crippen molar-refractivity contribution in [2.24, 2.45) is 0 Å². The maximum Gasteiger partial charge on any atom is 0.303 e. The Balaban J connectivity index is 2.09. The number of nitrogens with zero attached hydrogens (tertiary/aromatic N) is 5. The Morgan fingerprint density at radius 3 is 2.90 bits per heavy atom. The number of carboxylic acid groups (broad SMARTS) is 1. The molecule has 3 aromatic rings. The number of imidazole rings is 1. The van der Waals surface area contributed by atoms with Crippen LogP contribution >= 0.6 is 0 Å². The minimum atomic E-state index is -0.820. The van der Waals surface area contributed by atoms with E-state index < -0.39 is 5.97 Å². The minimum absolute atomic E-state index is 0.0800. The molecule has 0 amide bonds. The molecule has 0 aromatic carbocycles. The highest BCUT2D eigenvalue weighted by Gasteiger charge is 2.17. The van der Waals surface area contributed by atoms with Crippen LogP contribution in [0.1, 0.15) is 23.4 Å². The van der Waals surface area contributed by atoms with Gasteiger partial charge in [0, 0.05) is 12.1 Å². The number of aromatic nitrogens is 6. The Bertz CT molecular complexity index is 819. The Morgan fingerprint density at radius 2 is 2.14 bits per heavy atom. The van der Waals surface area contributed by atoms with Crippen LogP contribution in [0.25, 0.3) is 17.0 Å². The molecule has 0 radical (unpaired) electrons. The molecule has 0 aliphatic rings. The molecular formula is C13H14N6O2. The largest absolute Gasteiger partial charge is 0.481 e. The fourth-order valence-electron chi connectivity index (χ4n) is 2.39. The van der Waals surface area contributed by atoms with E-state index in [0.29, 0.717) is 23.4 Å². The van der Waals surface area contributed by atoms with Gasteiger partial charge in [-0.05, 0) is 25.8 Å². The van der Waals surface area contributed by atoms with Crippen LogP contribution < -0.4 is 0 Å².